The van der Waals surface area contributed by atoms with E-state index in [0.29, 0.717) is 0 Å². The first-order valence-electron chi connectivity index (χ1n) is 4.24. The smallest absolute Gasteiger partial charge is 0.0518 e. The van der Waals surface area contributed by atoms with Crippen LogP contribution in [-0.2, 0) is 6.54 Å². The van der Waals surface area contributed by atoms with E-state index in [1.54, 1.807) is 12.1 Å². The molecule has 1 heterocycles. The molecule has 70 valence electrons. The summed E-state index contributed by atoms with van der Waals surface area (Å²) in [6.45, 7) is 0.997. The molecule has 0 aromatic heterocycles. The summed E-state index contributed by atoms with van der Waals surface area (Å²) in [4.78, 5) is 0. The van der Waals surface area contributed by atoms with E-state index >= 15 is 0 Å². The third-order valence-corrected chi connectivity index (χ3v) is 2.85. The average molecular weight is 195 g/mol. The minimum atomic E-state index is 0.997. The Morgan fingerprint density at radius 3 is 3.15 bits per heavy atom. The Hall–Kier alpha value is -0.870. The van der Waals surface area contributed by atoms with Crippen LogP contribution in [0.4, 0.5) is 11.4 Å². The van der Waals surface area contributed by atoms with Gasteiger partial charge in [0.1, 0.15) is 0 Å². The molecule has 0 saturated heterocycles. The number of anilines is 2. The lowest BCUT2D eigenvalue weighted by Gasteiger charge is -2.25. The summed E-state index contributed by atoms with van der Waals surface area (Å²) in [7, 11) is 4.01. The maximum absolute atomic E-state index is 3.29. The zero-order valence-corrected chi connectivity index (χ0v) is 8.61. The normalized spacial score (nSPS) is 16.2. The van der Waals surface area contributed by atoms with E-state index in [4.69, 9.17) is 0 Å². The lowest BCUT2D eigenvalue weighted by molar-refractivity contribution is 0.562. The van der Waals surface area contributed by atoms with Gasteiger partial charge in [0, 0.05) is 31.4 Å². The molecule has 3 nitrogen and oxygen atoms in total. The third-order valence-electron chi connectivity index (χ3n) is 2.10. The van der Waals surface area contributed by atoms with Gasteiger partial charge in [-0.2, -0.15) is 0 Å². The fourth-order valence-electron chi connectivity index (χ4n) is 1.36. The summed E-state index contributed by atoms with van der Waals surface area (Å²) in [5.74, 6) is 0. The molecule has 1 aliphatic rings. The summed E-state index contributed by atoms with van der Waals surface area (Å²) < 4.78 is 5.46. The lowest BCUT2D eigenvalue weighted by Crippen LogP contribution is -2.17. The second-order valence-corrected chi connectivity index (χ2v) is 4.11. The predicted molar refractivity (Wildman–Crippen MR) is 58.7 cm³/mol. The number of hydrogen-bond donors (Lipinski definition) is 2. The molecule has 0 saturated carbocycles. The van der Waals surface area contributed by atoms with Gasteiger partial charge in [-0.1, -0.05) is 6.07 Å². The summed E-state index contributed by atoms with van der Waals surface area (Å²) >= 11 is 1.64. The zero-order valence-electron chi connectivity index (χ0n) is 7.79. The molecule has 2 rings (SSSR count). The van der Waals surface area contributed by atoms with Gasteiger partial charge in [0.05, 0.1) is 5.69 Å². The number of nitrogens with one attached hydrogen (secondary N) is 2. The molecule has 13 heavy (non-hydrogen) atoms. The van der Waals surface area contributed by atoms with Crippen molar-refractivity contribution in [3.63, 3.8) is 0 Å². The van der Waals surface area contributed by atoms with Gasteiger partial charge >= 0.3 is 0 Å². The van der Waals surface area contributed by atoms with Crippen molar-refractivity contribution in [3.8, 4) is 0 Å². The molecule has 0 bridgehead atoms. The minimum Gasteiger partial charge on any atom is -0.388 e. The fraction of sp³-hybridized carbons (Fsp3) is 0.333. The highest BCUT2D eigenvalue weighted by Crippen LogP contribution is 2.30. The van der Waals surface area contributed by atoms with Crippen LogP contribution < -0.4 is 10.0 Å². The van der Waals surface area contributed by atoms with Crippen molar-refractivity contribution in [1.82, 2.24) is 4.31 Å². The average Bonchev–Trinajstić information content (AvgIpc) is 2.17. The van der Waals surface area contributed by atoms with Crippen molar-refractivity contribution < 1.29 is 0 Å². The Kier molecular flexibility index (Phi) is 2.33. The highest BCUT2D eigenvalue weighted by Gasteiger charge is 2.12. The third kappa shape index (κ3) is 1.73. The Balaban J connectivity index is 2.31. The van der Waals surface area contributed by atoms with E-state index in [9.17, 15) is 0 Å². The quantitative estimate of drug-likeness (QED) is 0.671. The topological polar surface area (TPSA) is 27.3 Å². The Morgan fingerprint density at radius 2 is 2.38 bits per heavy atom. The molecule has 0 aliphatic carbocycles. The summed E-state index contributed by atoms with van der Waals surface area (Å²) in [6, 6.07) is 6.39. The Labute approximate surface area is 82.8 Å². The van der Waals surface area contributed by atoms with E-state index in [1.165, 1.54) is 11.3 Å². The summed E-state index contributed by atoms with van der Waals surface area (Å²) in [5.41, 5.74) is 3.71. The van der Waals surface area contributed by atoms with Crippen molar-refractivity contribution in [1.29, 1.82) is 0 Å². The van der Waals surface area contributed by atoms with Gasteiger partial charge in [-0.15, -0.1) is 0 Å². The van der Waals surface area contributed by atoms with Crippen LogP contribution in [0.5, 0.6) is 0 Å². The largest absolute Gasteiger partial charge is 0.388 e. The van der Waals surface area contributed by atoms with Crippen LogP contribution in [-0.4, -0.2) is 18.4 Å². The molecular formula is C9H13N3S. The first-order chi connectivity index (χ1) is 6.29. The molecule has 4 heteroatoms. The molecule has 0 amide bonds. The van der Waals surface area contributed by atoms with Crippen LogP contribution in [0.15, 0.2) is 18.2 Å². The first kappa shape index (κ1) is 8.72. The van der Waals surface area contributed by atoms with Gasteiger partial charge in [0.15, 0.2) is 0 Å². The van der Waals surface area contributed by atoms with Crippen molar-refractivity contribution in [3.05, 3.63) is 23.8 Å². The Morgan fingerprint density at radius 1 is 1.54 bits per heavy atom. The monoisotopic (exact) mass is 195 g/mol. The Bertz CT molecular complexity index is 314. The fourth-order valence-corrected chi connectivity index (χ4v) is 2.01. The number of rotatable bonds is 1. The molecule has 0 radical (unpaired) electrons. The van der Waals surface area contributed by atoms with Crippen molar-refractivity contribution in [2.75, 3.05) is 24.1 Å². The molecule has 0 fully saturated rings. The summed E-state index contributed by atoms with van der Waals surface area (Å²) in [6.07, 6.45) is 0. The number of fused-ring (bicyclic) bond motifs is 1. The molecule has 1 aromatic rings. The number of benzene rings is 1. The molecule has 1 aromatic carbocycles. The highest BCUT2D eigenvalue weighted by atomic mass is 32.2. The van der Waals surface area contributed by atoms with E-state index in [2.05, 4.69) is 39.6 Å². The molecule has 2 N–H and O–H groups in total. The van der Waals surface area contributed by atoms with Crippen LogP contribution in [0.3, 0.4) is 0 Å². The lowest BCUT2D eigenvalue weighted by atomic mass is 10.1. The molecule has 1 aliphatic heterocycles. The van der Waals surface area contributed by atoms with Gasteiger partial charge < -0.3 is 10.0 Å². The van der Waals surface area contributed by atoms with Crippen LogP contribution in [0.2, 0.25) is 0 Å². The molecule has 0 unspecified atom stereocenters. The second kappa shape index (κ2) is 3.47. The first-order valence-corrected chi connectivity index (χ1v) is 5.02. The van der Waals surface area contributed by atoms with Gasteiger partial charge in [-0.05, 0) is 24.7 Å². The van der Waals surface area contributed by atoms with Crippen molar-refractivity contribution in [2.45, 2.75) is 6.54 Å². The minimum absolute atomic E-state index is 0.997. The van der Waals surface area contributed by atoms with Gasteiger partial charge in [0.25, 0.3) is 0 Å². The van der Waals surface area contributed by atoms with Crippen LogP contribution in [0.1, 0.15) is 5.56 Å². The van der Waals surface area contributed by atoms with E-state index in [-0.39, 0.29) is 0 Å². The molecular weight excluding hydrogens is 182 g/mol. The van der Waals surface area contributed by atoms with E-state index in [0.717, 1.165) is 12.2 Å². The van der Waals surface area contributed by atoms with Crippen LogP contribution in [0, 0.1) is 0 Å². The van der Waals surface area contributed by atoms with Crippen LogP contribution in [0.25, 0.3) is 0 Å². The number of hydrogen-bond acceptors (Lipinski definition) is 4. The zero-order chi connectivity index (χ0) is 9.26. The molecule has 0 atom stereocenters. The van der Waals surface area contributed by atoms with Crippen molar-refractivity contribution >= 4 is 23.5 Å². The number of nitrogens with zero attached hydrogens (tertiary/aromatic N) is 1. The summed E-state index contributed by atoms with van der Waals surface area (Å²) in [5, 5.41) is 3.13. The highest BCUT2D eigenvalue weighted by molar-refractivity contribution is 7.98. The predicted octanol–water partition coefficient (Wildman–Crippen LogP) is 2.15. The van der Waals surface area contributed by atoms with Gasteiger partial charge in [-0.25, -0.2) is 4.31 Å². The van der Waals surface area contributed by atoms with E-state index in [1.807, 2.05) is 7.05 Å². The maximum Gasteiger partial charge on any atom is 0.0518 e. The van der Waals surface area contributed by atoms with Gasteiger partial charge in [0.2, 0.25) is 0 Å². The van der Waals surface area contributed by atoms with Gasteiger partial charge in [-0.3, -0.25) is 0 Å². The van der Waals surface area contributed by atoms with E-state index < -0.39 is 0 Å². The van der Waals surface area contributed by atoms with Crippen LogP contribution >= 0.6 is 12.1 Å². The second-order valence-electron chi connectivity index (χ2n) is 3.10. The molecule has 0 spiro atoms. The standard InChI is InChI=1S/C9H13N3S/c1-10-8-4-3-7-6-12(2)13-11-9(7)5-8/h3-5,10-11H,6H2,1-2H3. The SMILES string of the molecule is CNc1ccc2c(c1)NSN(C)C2. The maximum atomic E-state index is 3.29. The van der Waals surface area contributed by atoms with Crippen molar-refractivity contribution in [2.24, 2.45) is 0 Å².